The number of nitrogens with zero attached hydrogens (tertiary/aromatic N) is 1. The third-order valence-electron chi connectivity index (χ3n) is 1.60. The first-order valence-electron chi connectivity index (χ1n) is 3.80. The number of hydrogen-bond acceptors (Lipinski definition) is 5. The van der Waals surface area contributed by atoms with Crippen molar-refractivity contribution in [2.24, 2.45) is 0 Å². The molecule has 1 aromatic carbocycles. The van der Waals surface area contributed by atoms with E-state index in [4.69, 9.17) is 4.55 Å². The van der Waals surface area contributed by atoms with Crippen molar-refractivity contribution >= 4 is 22.7 Å². The van der Waals surface area contributed by atoms with Crippen LogP contribution in [0.15, 0.2) is 18.2 Å². The Hall–Kier alpha value is -1.67. The summed E-state index contributed by atoms with van der Waals surface area (Å²) in [6, 6.07) is 3.81. The average Bonchev–Trinajstić information content (AvgIpc) is 2.16. The van der Waals surface area contributed by atoms with Gasteiger partial charge < -0.3 is 9.50 Å². The molecule has 1 rings (SSSR count). The predicted molar refractivity (Wildman–Crippen MR) is 54.0 cm³/mol. The zero-order valence-electron chi connectivity index (χ0n) is 7.67. The van der Waals surface area contributed by atoms with Gasteiger partial charge in [-0.25, -0.2) is 0 Å². The van der Waals surface area contributed by atoms with Crippen LogP contribution in [0.1, 0.15) is 0 Å². The van der Waals surface area contributed by atoms with Crippen LogP contribution in [0.25, 0.3) is 0 Å². The van der Waals surface area contributed by atoms with Crippen molar-refractivity contribution in [3.05, 3.63) is 28.3 Å². The van der Waals surface area contributed by atoms with Crippen molar-refractivity contribution in [1.29, 1.82) is 0 Å². The van der Waals surface area contributed by atoms with E-state index in [-0.39, 0.29) is 11.4 Å². The van der Waals surface area contributed by atoms with Gasteiger partial charge in [0.2, 0.25) is 0 Å². The van der Waals surface area contributed by atoms with E-state index in [0.717, 1.165) is 6.07 Å². The van der Waals surface area contributed by atoms with E-state index < -0.39 is 16.3 Å². The first kappa shape index (κ1) is 11.4. The Balaban J connectivity index is 3.10. The van der Waals surface area contributed by atoms with Crippen LogP contribution < -0.4 is 9.50 Å². The maximum Gasteiger partial charge on any atom is 0.357 e. The van der Waals surface area contributed by atoms with Gasteiger partial charge in [0.1, 0.15) is 11.4 Å². The Bertz CT molecular complexity index is 408. The number of hydrogen-bond donors (Lipinski definition) is 2. The SMILES string of the molecule is CNc1ccc(OS(=O)O)cc1[N+](=O)[O-]. The number of nitrogens with one attached hydrogen (secondary N) is 1. The molecule has 0 fully saturated rings. The maximum absolute atomic E-state index is 10.6. The van der Waals surface area contributed by atoms with Crippen molar-refractivity contribution in [3.8, 4) is 5.75 Å². The molecule has 82 valence electrons. The molecule has 0 aliphatic carbocycles. The molecule has 0 heterocycles. The van der Waals surface area contributed by atoms with Gasteiger partial charge in [-0.2, -0.15) is 4.21 Å². The Morgan fingerprint density at radius 1 is 1.60 bits per heavy atom. The third-order valence-corrected chi connectivity index (χ3v) is 1.94. The molecular weight excluding hydrogens is 224 g/mol. The van der Waals surface area contributed by atoms with Crippen LogP contribution in [0.3, 0.4) is 0 Å². The van der Waals surface area contributed by atoms with E-state index in [2.05, 4.69) is 9.50 Å². The summed E-state index contributed by atoms with van der Waals surface area (Å²) < 4.78 is 23.1. The van der Waals surface area contributed by atoms with Crippen molar-refractivity contribution < 1.29 is 17.9 Å². The molecule has 15 heavy (non-hydrogen) atoms. The minimum absolute atomic E-state index is 0.0402. The zero-order valence-corrected chi connectivity index (χ0v) is 8.48. The van der Waals surface area contributed by atoms with Gasteiger partial charge >= 0.3 is 11.4 Å². The smallest absolute Gasteiger partial charge is 0.357 e. The summed E-state index contributed by atoms with van der Waals surface area (Å²) in [5, 5.41) is 13.2. The summed E-state index contributed by atoms with van der Waals surface area (Å²) in [7, 11) is 1.53. The molecule has 0 aromatic heterocycles. The molecule has 2 N–H and O–H groups in total. The van der Waals surface area contributed by atoms with Crippen molar-refractivity contribution in [2.75, 3.05) is 12.4 Å². The summed E-state index contributed by atoms with van der Waals surface area (Å²) in [6.45, 7) is 0. The van der Waals surface area contributed by atoms with Crippen LogP contribution in [-0.4, -0.2) is 20.7 Å². The first-order chi connectivity index (χ1) is 7.04. The number of anilines is 1. The summed E-state index contributed by atoms with van der Waals surface area (Å²) in [6.07, 6.45) is 0. The molecule has 0 saturated heterocycles. The zero-order chi connectivity index (χ0) is 11.4. The summed E-state index contributed by atoms with van der Waals surface area (Å²) in [5.41, 5.74) is 0.0801. The molecule has 0 aliphatic rings. The Kier molecular flexibility index (Phi) is 3.58. The van der Waals surface area contributed by atoms with Crippen LogP contribution in [0.2, 0.25) is 0 Å². The predicted octanol–water partition coefficient (Wildman–Crippen LogP) is 1.15. The topological polar surface area (TPSA) is 102 Å². The molecular formula is C7H8N2O5S. The molecule has 0 amide bonds. The van der Waals surface area contributed by atoms with E-state index in [0.29, 0.717) is 5.69 Å². The third kappa shape index (κ3) is 2.89. The van der Waals surface area contributed by atoms with E-state index >= 15 is 0 Å². The monoisotopic (exact) mass is 232 g/mol. The van der Waals surface area contributed by atoms with E-state index in [1.807, 2.05) is 0 Å². The lowest BCUT2D eigenvalue weighted by Crippen LogP contribution is -2.00. The molecule has 0 radical (unpaired) electrons. The fourth-order valence-corrected chi connectivity index (χ4v) is 1.28. The van der Waals surface area contributed by atoms with Gasteiger partial charge in [-0.1, -0.05) is 0 Å². The summed E-state index contributed by atoms with van der Waals surface area (Å²) in [4.78, 5) is 9.98. The number of nitro groups is 1. The lowest BCUT2D eigenvalue weighted by atomic mass is 10.2. The van der Waals surface area contributed by atoms with Gasteiger partial charge in [-0.15, -0.1) is 0 Å². The molecule has 1 aromatic rings. The minimum Gasteiger partial charge on any atom is -0.383 e. The fourth-order valence-electron chi connectivity index (χ4n) is 1.01. The molecule has 7 nitrogen and oxygen atoms in total. The summed E-state index contributed by atoms with van der Waals surface area (Å²) in [5.74, 6) is -0.0402. The highest BCUT2D eigenvalue weighted by Crippen LogP contribution is 2.28. The van der Waals surface area contributed by atoms with Crippen LogP contribution in [0.5, 0.6) is 5.75 Å². The Morgan fingerprint density at radius 2 is 2.27 bits per heavy atom. The van der Waals surface area contributed by atoms with Gasteiger partial charge in [-0.3, -0.25) is 14.7 Å². The van der Waals surface area contributed by atoms with Crippen molar-refractivity contribution in [1.82, 2.24) is 0 Å². The Morgan fingerprint density at radius 3 is 2.73 bits per heavy atom. The number of nitro benzene ring substituents is 1. The molecule has 0 spiro atoms. The number of benzene rings is 1. The van der Waals surface area contributed by atoms with E-state index in [1.54, 1.807) is 0 Å². The second kappa shape index (κ2) is 4.71. The standard InChI is InChI=1S/C7H8N2O5S/c1-8-6-3-2-5(14-15(12)13)4-7(6)9(10)11/h2-4,8H,1H3,(H,12,13). The normalized spacial score (nSPS) is 11.9. The van der Waals surface area contributed by atoms with Gasteiger partial charge in [0.25, 0.3) is 5.69 Å². The average molecular weight is 232 g/mol. The summed E-state index contributed by atoms with van der Waals surface area (Å²) >= 11 is -2.49. The molecule has 0 aliphatic heterocycles. The second-order valence-electron chi connectivity index (χ2n) is 2.49. The van der Waals surface area contributed by atoms with Gasteiger partial charge in [-0.05, 0) is 12.1 Å². The fraction of sp³-hybridized carbons (Fsp3) is 0.143. The lowest BCUT2D eigenvalue weighted by molar-refractivity contribution is -0.384. The molecule has 0 bridgehead atoms. The quantitative estimate of drug-likeness (QED) is 0.458. The molecule has 0 saturated carbocycles. The van der Waals surface area contributed by atoms with Gasteiger partial charge in [0.05, 0.1) is 11.0 Å². The minimum atomic E-state index is -2.49. The van der Waals surface area contributed by atoms with E-state index in [9.17, 15) is 14.3 Å². The number of rotatable bonds is 4. The van der Waals surface area contributed by atoms with Crippen molar-refractivity contribution in [3.63, 3.8) is 0 Å². The van der Waals surface area contributed by atoms with Gasteiger partial charge in [0, 0.05) is 7.05 Å². The largest absolute Gasteiger partial charge is 0.383 e. The van der Waals surface area contributed by atoms with Crippen LogP contribution in [-0.2, 0) is 11.4 Å². The van der Waals surface area contributed by atoms with Crippen LogP contribution in [0, 0.1) is 10.1 Å². The second-order valence-corrected chi connectivity index (χ2v) is 3.09. The van der Waals surface area contributed by atoms with Crippen LogP contribution >= 0.6 is 0 Å². The highest BCUT2D eigenvalue weighted by molar-refractivity contribution is 7.74. The van der Waals surface area contributed by atoms with Crippen LogP contribution in [0.4, 0.5) is 11.4 Å². The van der Waals surface area contributed by atoms with E-state index in [1.165, 1.54) is 19.2 Å². The Labute approximate surface area is 87.7 Å². The first-order valence-corrected chi connectivity index (χ1v) is 4.83. The maximum atomic E-state index is 10.6. The highest BCUT2D eigenvalue weighted by atomic mass is 32.2. The van der Waals surface area contributed by atoms with Gasteiger partial charge in [0.15, 0.2) is 0 Å². The molecule has 8 heteroatoms. The lowest BCUT2D eigenvalue weighted by Gasteiger charge is -2.03. The van der Waals surface area contributed by atoms with Crippen molar-refractivity contribution in [2.45, 2.75) is 0 Å². The highest BCUT2D eigenvalue weighted by Gasteiger charge is 2.14. The molecule has 1 atom stereocenters. The molecule has 1 unspecified atom stereocenters.